The summed E-state index contributed by atoms with van der Waals surface area (Å²) >= 11 is 1.28. The lowest BCUT2D eigenvalue weighted by molar-refractivity contribution is 0.0699. The lowest BCUT2D eigenvalue weighted by Crippen LogP contribution is -2.16. The van der Waals surface area contributed by atoms with Crippen molar-refractivity contribution in [1.29, 1.82) is 0 Å². The summed E-state index contributed by atoms with van der Waals surface area (Å²) in [6, 6.07) is 8.37. The molecule has 21 heavy (non-hydrogen) atoms. The molecule has 0 spiro atoms. The first-order valence-corrected chi connectivity index (χ1v) is 8.03. The molecule has 2 aromatic rings. The summed E-state index contributed by atoms with van der Waals surface area (Å²) in [5, 5.41) is 10.2. The Hall–Kier alpha value is -1.68. The van der Waals surface area contributed by atoms with E-state index in [0.717, 1.165) is 10.6 Å². The molecule has 3 nitrogen and oxygen atoms in total. The molecule has 1 heterocycles. The number of aromatic nitrogens is 1. The molecule has 1 fully saturated rings. The Morgan fingerprint density at radius 3 is 2.57 bits per heavy atom. The van der Waals surface area contributed by atoms with Crippen LogP contribution in [0, 0.1) is 0 Å². The lowest BCUT2D eigenvalue weighted by Gasteiger charge is -2.16. The van der Waals surface area contributed by atoms with Gasteiger partial charge in [-0.1, -0.05) is 39.0 Å². The Kier molecular flexibility index (Phi) is 3.36. The summed E-state index contributed by atoms with van der Waals surface area (Å²) in [5.74, 6) is -0.201. The first-order valence-electron chi connectivity index (χ1n) is 7.21. The number of carboxylic acids is 1. The average molecular weight is 301 g/mol. The number of aromatic carboxylic acids is 1. The van der Waals surface area contributed by atoms with Gasteiger partial charge in [-0.05, 0) is 30.4 Å². The Labute approximate surface area is 128 Å². The van der Waals surface area contributed by atoms with Gasteiger partial charge in [0.25, 0.3) is 0 Å². The number of benzene rings is 1. The van der Waals surface area contributed by atoms with Crippen molar-refractivity contribution >= 4 is 17.3 Å². The number of nitrogens with zero attached hydrogens (tertiary/aromatic N) is 1. The standard InChI is InChI=1S/C17H19NO2S/c1-17(2,3)14-13(16(19)20)21-15(18-14)12-6-4-5-11(9-12)10-7-8-10/h4-6,9-10H,7-8H2,1-3H3,(H,19,20). The van der Waals surface area contributed by atoms with E-state index in [4.69, 9.17) is 0 Å². The second-order valence-corrected chi connectivity index (χ2v) is 7.65. The molecule has 1 saturated carbocycles. The maximum atomic E-state index is 11.5. The van der Waals surface area contributed by atoms with E-state index in [0.29, 0.717) is 16.5 Å². The van der Waals surface area contributed by atoms with E-state index in [9.17, 15) is 9.90 Å². The molecular formula is C17H19NO2S. The molecule has 1 aromatic carbocycles. The molecule has 110 valence electrons. The van der Waals surface area contributed by atoms with Gasteiger partial charge in [-0.2, -0.15) is 0 Å². The van der Waals surface area contributed by atoms with Crippen LogP contribution in [-0.2, 0) is 5.41 Å². The van der Waals surface area contributed by atoms with Crippen molar-refractivity contribution in [2.75, 3.05) is 0 Å². The molecule has 1 aliphatic carbocycles. The molecule has 0 atom stereocenters. The maximum Gasteiger partial charge on any atom is 0.347 e. The second kappa shape index (κ2) is 4.95. The van der Waals surface area contributed by atoms with Crippen LogP contribution >= 0.6 is 11.3 Å². The highest BCUT2D eigenvalue weighted by molar-refractivity contribution is 7.17. The molecule has 3 rings (SSSR count). The van der Waals surface area contributed by atoms with Crippen LogP contribution < -0.4 is 0 Å². The fraction of sp³-hybridized carbons (Fsp3) is 0.412. The highest BCUT2D eigenvalue weighted by Gasteiger charge is 2.28. The van der Waals surface area contributed by atoms with Crippen molar-refractivity contribution in [2.24, 2.45) is 0 Å². The Bertz CT molecular complexity index is 693. The predicted octanol–water partition coefficient (Wildman–Crippen LogP) is 4.68. The van der Waals surface area contributed by atoms with Crippen molar-refractivity contribution < 1.29 is 9.90 Å². The SMILES string of the molecule is CC(C)(C)c1nc(-c2cccc(C3CC3)c2)sc1C(=O)O. The number of rotatable bonds is 3. The Morgan fingerprint density at radius 1 is 1.33 bits per heavy atom. The third-order valence-electron chi connectivity index (χ3n) is 3.71. The Balaban J connectivity index is 2.06. The number of thiazole rings is 1. The van der Waals surface area contributed by atoms with Crippen molar-refractivity contribution in [3.05, 3.63) is 40.4 Å². The smallest absolute Gasteiger partial charge is 0.347 e. The minimum absolute atomic E-state index is 0.267. The minimum Gasteiger partial charge on any atom is -0.477 e. The molecule has 0 unspecified atom stereocenters. The van der Waals surface area contributed by atoms with Crippen LogP contribution in [0.1, 0.15) is 60.5 Å². The monoisotopic (exact) mass is 301 g/mol. The predicted molar refractivity (Wildman–Crippen MR) is 85.2 cm³/mol. The van der Waals surface area contributed by atoms with Gasteiger partial charge in [-0.15, -0.1) is 11.3 Å². The van der Waals surface area contributed by atoms with Gasteiger partial charge in [-0.3, -0.25) is 0 Å². The quantitative estimate of drug-likeness (QED) is 0.895. The minimum atomic E-state index is -0.887. The molecule has 0 radical (unpaired) electrons. The summed E-state index contributed by atoms with van der Waals surface area (Å²) in [6.07, 6.45) is 2.52. The van der Waals surface area contributed by atoms with Gasteiger partial charge in [0.1, 0.15) is 9.88 Å². The van der Waals surface area contributed by atoms with Gasteiger partial charge in [0.2, 0.25) is 0 Å². The van der Waals surface area contributed by atoms with Gasteiger partial charge < -0.3 is 5.11 Å². The number of hydrogen-bond acceptors (Lipinski definition) is 3. The molecule has 1 aromatic heterocycles. The Morgan fingerprint density at radius 2 is 2.05 bits per heavy atom. The van der Waals surface area contributed by atoms with Crippen LogP contribution in [0.25, 0.3) is 10.6 Å². The maximum absolute atomic E-state index is 11.5. The van der Waals surface area contributed by atoms with Crippen molar-refractivity contribution in [2.45, 2.75) is 44.9 Å². The number of carbonyl (C=O) groups is 1. The molecule has 1 N–H and O–H groups in total. The third-order valence-corrected chi connectivity index (χ3v) is 4.81. The highest BCUT2D eigenvalue weighted by atomic mass is 32.1. The number of hydrogen-bond donors (Lipinski definition) is 1. The van der Waals surface area contributed by atoms with E-state index in [-0.39, 0.29) is 5.41 Å². The summed E-state index contributed by atoms with van der Waals surface area (Å²) in [7, 11) is 0. The first-order chi connectivity index (χ1) is 9.86. The second-order valence-electron chi connectivity index (χ2n) is 6.65. The van der Waals surface area contributed by atoms with E-state index in [2.05, 4.69) is 17.1 Å². The van der Waals surface area contributed by atoms with Crippen molar-refractivity contribution in [3.63, 3.8) is 0 Å². The number of carboxylic acid groups (broad SMARTS) is 1. The zero-order valence-electron chi connectivity index (χ0n) is 12.5. The highest BCUT2D eigenvalue weighted by Crippen LogP contribution is 2.42. The van der Waals surface area contributed by atoms with Crippen molar-refractivity contribution in [3.8, 4) is 10.6 Å². The topological polar surface area (TPSA) is 50.2 Å². The average Bonchev–Trinajstić information content (AvgIpc) is 3.15. The van der Waals surface area contributed by atoms with E-state index >= 15 is 0 Å². The fourth-order valence-electron chi connectivity index (χ4n) is 2.44. The summed E-state index contributed by atoms with van der Waals surface area (Å²) in [6.45, 7) is 6.00. The normalized spacial score (nSPS) is 15.2. The van der Waals surface area contributed by atoms with Gasteiger partial charge in [0.15, 0.2) is 0 Å². The summed E-state index contributed by atoms with van der Waals surface area (Å²) in [4.78, 5) is 16.5. The van der Waals surface area contributed by atoms with Crippen LogP contribution in [-0.4, -0.2) is 16.1 Å². The van der Waals surface area contributed by atoms with Crippen LogP contribution in [0.15, 0.2) is 24.3 Å². The lowest BCUT2D eigenvalue weighted by atomic mass is 9.91. The van der Waals surface area contributed by atoms with Crippen LogP contribution in [0.2, 0.25) is 0 Å². The van der Waals surface area contributed by atoms with Gasteiger partial charge in [-0.25, -0.2) is 9.78 Å². The molecule has 4 heteroatoms. The van der Waals surface area contributed by atoms with Gasteiger partial charge >= 0.3 is 5.97 Å². The largest absolute Gasteiger partial charge is 0.477 e. The van der Waals surface area contributed by atoms with E-state index in [1.54, 1.807) is 0 Å². The zero-order chi connectivity index (χ0) is 15.2. The first kappa shape index (κ1) is 14.3. The van der Waals surface area contributed by atoms with E-state index in [1.807, 2.05) is 32.9 Å². The van der Waals surface area contributed by atoms with E-state index in [1.165, 1.54) is 29.7 Å². The summed E-state index contributed by atoms with van der Waals surface area (Å²) < 4.78 is 0. The van der Waals surface area contributed by atoms with Gasteiger partial charge in [0.05, 0.1) is 5.69 Å². The fourth-order valence-corrected chi connectivity index (χ4v) is 3.55. The summed E-state index contributed by atoms with van der Waals surface area (Å²) in [5.41, 5.74) is 2.78. The third kappa shape index (κ3) is 2.86. The molecule has 0 amide bonds. The van der Waals surface area contributed by atoms with Crippen molar-refractivity contribution in [1.82, 2.24) is 4.98 Å². The van der Waals surface area contributed by atoms with Gasteiger partial charge in [0, 0.05) is 11.0 Å². The zero-order valence-corrected chi connectivity index (χ0v) is 13.3. The van der Waals surface area contributed by atoms with E-state index < -0.39 is 5.97 Å². The molecule has 0 aliphatic heterocycles. The molecule has 0 bridgehead atoms. The molecular weight excluding hydrogens is 282 g/mol. The van der Waals surface area contributed by atoms with Crippen LogP contribution in [0.4, 0.5) is 0 Å². The molecule has 1 aliphatic rings. The van der Waals surface area contributed by atoms with Crippen LogP contribution in [0.5, 0.6) is 0 Å². The van der Waals surface area contributed by atoms with Crippen LogP contribution in [0.3, 0.4) is 0 Å². The molecule has 0 saturated heterocycles.